The first-order chi connectivity index (χ1) is 16.0. The molecule has 0 saturated carbocycles. The zero-order chi connectivity index (χ0) is 26.9. The second-order valence-corrected chi connectivity index (χ2v) is 11.6. The first-order valence-corrected chi connectivity index (χ1v) is 12.6. The van der Waals surface area contributed by atoms with E-state index in [0.29, 0.717) is 15.4 Å². The fourth-order valence-corrected chi connectivity index (χ4v) is 5.68. The zero-order valence-electron chi connectivity index (χ0n) is 20.4. The second kappa shape index (κ2) is 10.5. The fourth-order valence-electron chi connectivity index (χ4n) is 3.80. The number of carbonyl (C=O) groups excluding carboxylic acids is 1. The van der Waals surface area contributed by atoms with Crippen LogP contribution in [0.25, 0.3) is 0 Å². The van der Waals surface area contributed by atoms with Crippen molar-refractivity contribution in [2.24, 2.45) is 0 Å². The largest absolute Gasteiger partial charge is 0.480 e. The quantitative estimate of drug-likeness (QED) is 0.387. The molecule has 0 radical (unpaired) electrons. The standard InChI is InChI=1S/C24H30ClFN2O6S/c1-13-7-9-17(26)21(14(13)2)15(3)22(23(31)34-24(4,5)6)28(12-20(29)30)35(32,33)19-10-8-16(25)11-18(19)27/h7-11,15,22H,12,27H2,1-6H3,(H,29,30)/t15?,22-/m0/s1. The molecule has 1 unspecified atom stereocenters. The normalized spacial score (nSPS) is 14.0. The molecule has 0 aliphatic heterocycles. The molecule has 35 heavy (non-hydrogen) atoms. The van der Waals surface area contributed by atoms with Crippen molar-refractivity contribution in [2.45, 2.75) is 64.0 Å². The van der Waals surface area contributed by atoms with Gasteiger partial charge in [0.1, 0.15) is 28.9 Å². The number of sulfonamides is 1. The number of ether oxygens (including phenoxy) is 1. The Balaban J connectivity index is 2.82. The predicted molar refractivity (Wildman–Crippen MR) is 131 cm³/mol. The Labute approximate surface area is 209 Å². The average Bonchev–Trinajstić information content (AvgIpc) is 2.68. The number of nitrogens with two attached hydrogens (primary N) is 1. The van der Waals surface area contributed by atoms with Gasteiger partial charge in [-0.3, -0.25) is 9.59 Å². The third-order valence-corrected chi connectivity index (χ3v) is 7.61. The Morgan fingerprint density at radius 3 is 2.31 bits per heavy atom. The number of nitrogens with zero attached hydrogens (tertiary/aromatic N) is 1. The van der Waals surface area contributed by atoms with Crippen molar-refractivity contribution in [3.05, 3.63) is 57.9 Å². The Kier molecular flexibility index (Phi) is 8.57. The molecule has 2 atom stereocenters. The third kappa shape index (κ3) is 6.50. The van der Waals surface area contributed by atoms with Gasteiger partial charge in [-0.1, -0.05) is 24.6 Å². The summed E-state index contributed by atoms with van der Waals surface area (Å²) in [5.74, 6) is -4.33. The van der Waals surface area contributed by atoms with E-state index in [9.17, 15) is 23.1 Å². The molecular weight excluding hydrogens is 499 g/mol. The first kappa shape index (κ1) is 28.5. The van der Waals surface area contributed by atoms with Crippen LogP contribution >= 0.6 is 11.6 Å². The highest BCUT2D eigenvalue weighted by atomic mass is 35.5. The zero-order valence-corrected chi connectivity index (χ0v) is 22.0. The van der Waals surface area contributed by atoms with E-state index < -0.39 is 56.8 Å². The van der Waals surface area contributed by atoms with Crippen molar-refractivity contribution in [2.75, 3.05) is 12.3 Å². The Hall–Kier alpha value is -2.69. The van der Waals surface area contributed by atoms with Gasteiger partial charge in [0.05, 0.1) is 5.69 Å². The van der Waals surface area contributed by atoms with E-state index in [-0.39, 0.29) is 16.3 Å². The van der Waals surface area contributed by atoms with Crippen molar-refractivity contribution in [1.29, 1.82) is 0 Å². The van der Waals surface area contributed by atoms with Crippen LogP contribution in [0.5, 0.6) is 0 Å². The van der Waals surface area contributed by atoms with Crippen LogP contribution in [0.15, 0.2) is 35.2 Å². The molecule has 0 fully saturated rings. The van der Waals surface area contributed by atoms with E-state index in [1.807, 2.05) is 0 Å². The molecule has 8 nitrogen and oxygen atoms in total. The highest BCUT2D eigenvalue weighted by molar-refractivity contribution is 7.89. The minimum absolute atomic E-state index is 0.0792. The summed E-state index contributed by atoms with van der Waals surface area (Å²) in [7, 11) is -4.69. The number of carboxylic acids is 1. The SMILES string of the molecule is Cc1ccc(F)c(C(C)[C@@H](C(=O)OC(C)(C)C)N(CC(=O)O)S(=O)(=O)c2ccc(Cl)cc2N)c1C. The van der Waals surface area contributed by atoms with Gasteiger partial charge < -0.3 is 15.6 Å². The summed E-state index contributed by atoms with van der Waals surface area (Å²) in [5.41, 5.74) is 5.92. The van der Waals surface area contributed by atoms with Crippen LogP contribution in [0, 0.1) is 19.7 Å². The highest BCUT2D eigenvalue weighted by Crippen LogP contribution is 2.35. The summed E-state index contributed by atoms with van der Waals surface area (Å²) >= 11 is 5.90. The molecule has 0 heterocycles. The number of carbonyl (C=O) groups is 2. The number of halogens is 2. The lowest BCUT2D eigenvalue weighted by Gasteiger charge is -2.35. The molecule has 11 heteroatoms. The van der Waals surface area contributed by atoms with Gasteiger partial charge >= 0.3 is 11.9 Å². The fraction of sp³-hybridized carbons (Fsp3) is 0.417. The van der Waals surface area contributed by atoms with Crippen LogP contribution in [-0.2, 0) is 24.3 Å². The lowest BCUT2D eigenvalue weighted by atomic mass is 9.87. The van der Waals surface area contributed by atoms with Crippen molar-refractivity contribution >= 4 is 39.3 Å². The lowest BCUT2D eigenvalue weighted by Crippen LogP contribution is -2.52. The molecule has 0 spiro atoms. The summed E-state index contributed by atoms with van der Waals surface area (Å²) in [6.07, 6.45) is 0. The molecule has 192 valence electrons. The Morgan fingerprint density at radius 1 is 1.20 bits per heavy atom. The van der Waals surface area contributed by atoms with Crippen molar-refractivity contribution in [3.8, 4) is 0 Å². The minimum Gasteiger partial charge on any atom is -0.480 e. The predicted octanol–water partition coefficient (Wildman–Crippen LogP) is 4.27. The molecule has 0 aliphatic carbocycles. The number of aryl methyl sites for hydroxylation is 1. The van der Waals surface area contributed by atoms with Crippen LogP contribution in [-0.4, -0.2) is 48.0 Å². The van der Waals surface area contributed by atoms with Crippen LogP contribution in [0.4, 0.5) is 10.1 Å². The van der Waals surface area contributed by atoms with Gasteiger partial charge in [0.25, 0.3) is 0 Å². The van der Waals surface area contributed by atoms with Crippen molar-refractivity contribution in [3.63, 3.8) is 0 Å². The van der Waals surface area contributed by atoms with Crippen molar-refractivity contribution in [1.82, 2.24) is 4.31 Å². The summed E-state index contributed by atoms with van der Waals surface area (Å²) in [6, 6.07) is 4.65. The number of carboxylic acid groups (broad SMARTS) is 1. The van der Waals surface area contributed by atoms with Crippen LogP contribution in [0.3, 0.4) is 0 Å². The third-order valence-electron chi connectivity index (χ3n) is 5.47. The Morgan fingerprint density at radius 2 is 1.80 bits per heavy atom. The topological polar surface area (TPSA) is 127 Å². The maximum atomic E-state index is 15.0. The van der Waals surface area contributed by atoms with E-state index in [1.165, 1.54) is 25.1 Å². The summed E-state index contributed by atoms with van der Waals surface area (Å²) in [5, 5.41) is 9.76. The number of aliphatic carboxylic acids is 1. The first-order valence-electron chi connectivity index (χ1n) is 10.7. The van der Waals surface area contributed by atoms with Gasteiger partial charge in [-0.2, -0.15) is 4.31 Å². The van der Waals surface area contributed by atoms with Gasteiger partial charge in [0.15, 0.2) is 0 Å². The molecule has 0 saturated heterocycles. The number of anilines is 1. The molecule has 2 aromatic rings. The monoisotopic (exact) mass is 528 g/mol. The summed E-state index contributed by atoms with van der Waals surface area (Å²) < 4.78 is 48.4. The van der Waals surface area contributed by atoms with E-state index in [2.05, 4.69) is 0 Å². The highest BCUT2D eigenvalue weighted by Gasteiger charge is 2.44. The molecule has 0 aromatic heterocycles. The number of hydrogen-bond acceptors (Lipinski definition) is 6. The molecule has 2 rings (SSSR count). The molecule has 2 aromatic carbocycles. The van der Waals surface area contributed by atoms with E-state index in [0.717, 1.165) is 6.07 Å². The molecular formula is C24H30ClFN2O6S. The van der Waals surface area contributed by atoms with Crippen molar-refractivity contribution < 1.29 is 32.2 Å². The van der Waals surface area contributed by atoms with E-state index in [1.54, 1.807) is 40.7 Å². The number of hydrogen-bond donors (Lipinski definition) is 2. The second-order valence-electron chi connectivity index (χ2n) is 9.30. The minimum atomic E-state index is -4.69. The van der Waals surface area contributed by atoms with Crippen LogP contribution < -0.4 is 5.73 Å². The van der Waals surface area contributed by atoms with Crippen LogP contribution in [0.2, 0.25) is 5.02 Å². The number of esters is 1. The number of benzene rings is 2. The smallest absolute Gasteiger partial charge is 0.325 e. The lowest BCUT2D eigenvalue weighted by molar-refractivity contribution is -0.160. The molecule has 0 amide bonds. The summed E-state index contributed by atoms with van der Waals surface area (Å²) in [4.78, 5) is 24.8. The maximum Gasteiger partial charge on any atom is 0.325 e. The summed E-state index contributed by atoms with van der Waals surface area (Å²) in [6.45, 7) is 8.49. The molecule has 0 aliphatic rings. The van der Waals surface area contributed by atoms with Gasteiger partial charge in [-0.05, 0) is 75.6 Å². The Bertz CT molecular complexity index is 1240. The molecule has 3 N–H and O–H groups in total. The van der Waals surface area contributed by atoms with Crippen LogP contribution in [0.1, 0.15) is 50.3 Å². The number of nitrogen functional groups attached to an aromatic ring is 1. The van der Waals surface area contributed by atoms with E-state index >= 15 is 4.39 Å². The van der Waals surface area contributed by atoms with E-state index in [4.69, 9.17) is 22.1 Å². The maximum absolute atomic E-state index is 15.0. The van der Waals surface area contributed by atoms with Gasteiger partial charge in [-0.15, -0.1) is 0 Å². The average molecular weight is 529 g/mol. The van der Waals surface area contributed by atoms with Gasteiger partial charge in [0.2, 0.25) is 10.0 Å². The number of rotatable bonds is 8. The molecule has 0 bridgehead atoms. The van der Waals surface area contributed by atoms with Gasteiger partial charge in [-0.25, -0.2) is 12.8 Å². The van der Waals surface area contributed by atoms with Gasteiger partial charge in [0, 0.05) is 10.9 Å².